The highest BCUT2D eigenvalue weighted by atomic mass is 15.3. The van der Waals surface area contributed by atoms with Crippen molar-refractivity contribution in [3.05, 3.63) is 53.9 Å². The third-order valence-corrected chi connectivity index (χ3v) is 6.35. The number of hydrogen-bond acceptors (Lipinski definition) is 6. The van der Waals surface area contributed by atoms with Crippen molar-refractivity contribution in [3.8, 4) is 0 Å². The summed E-state index contributed by atoms with van der Waals surface area (Å²) in [5.74, 6) is 1.90. The first-order chi connectivity index (χ1) is 15.3. The minimum absolute atomic E-state index is 0.0695. The predicted molar refractivity (Wildman–Crippen MR) is 128 cm³/mol. The number of imidazole rings is 2. The van der Waals surface area contributed by atoms with Crippen LogP contribution in [0.25, 0.3) is 11.2 Å². The SMILES string of the molecule is Cc1ccc(C(C)(C)C)cc1Nc1nc(N2CCC(c3cnc[nH]3)C2)nc2ncn(C)c12. The lowest BCUT2D eigenvalue weighted by atomic mass is 9.86. The minimum Gasteiger partial charge on any atom is -0.348 e. The molecule has 1 atom stereocenters. The molecule has 1 saturated heterocycles. The second-order valence-electron chi connectivity index (χ2n) is 9.74. The zero-order valence-electron chi connectivity index (χ0n) is 19.3. The van der Waals surface area contributed by atoms with E-state index in [2.05, 4.69) is 71.1 Å². The summed E-state index contributed by atoms with van der Waals surface area (Å²) < 4.78 is 1.97. The zero-order valence-corrected chi connectivity index (χ0v) is 19.3. The van der Waals surface area contributed by atoms with Crippen molar-refractivity contribution < 1.29 is 0 Å². The average Bonchev–Trinajstić information content (AvgIpc) is 3.49. The van der Waals surface area contributed by atoms with Crippen molar-refractivity contribution in [1.82, 2.24) is 29.5 Å². The van der Waals surface area contributed by atoms with Gasteiger partial charge in [0.25, 0.3) is 0 Å². The van der Waals surface area contributed by atoms with E-state index in [4.69, 9.17) is 9.97 Å². The van der Waals surface area contributed by atoms with E-state index >= 15 is 0 Å². The molecule has 8 heteroatoms. The Hall–Kier alpha value is -3.42. The molecule has 0 radical (unpaired) electrons. The molecule has 0 saturated carbocycles. The average molecular weight is 431 g/mol. The Balaban J connectivity index is 1.52. The van der Waals surface area contributed by atoms with Gasteiger partial charge in [-0.15, -0.1) is 0 Å². The van der Waals surface area contributed by atoms with Crippen molar-refractivity contribution in [1.29, 1.82) is 0 Å². The third kappa shape index (κ3) is 3.70. The number of nitrogens with one attached hydrogen (secondary N) is 2. The number of hydrogen-bond donors (Lipinski definition) is 2. The summed E-state index contributed by atoms with van der Waals surface area (Å²) in [6.45, 7) is 10.6. The van der Waals surface area contributed by atoms with Crippen molar-refractivity contribution in [3.63, 3.8) is 0 Å². The molecule has 3 aromatic heterocycles. The number of benzene rings is 1. The van der Waals surface area contributed by atoms with Gasteiger partial charge in [-0.05, 0) is 36.0 Å². The maximum Gasteiger partial charge on any atom is 0.229 e. The number of rotatable bonds is 4. The molecule has 32 heavy (non-hydrogen) atoms. The highest BCUT2D eigenvalue weighted by Gasteiger charge is 2.28. The molecule has 2 N–H and O–H groups in total. The van der Waals surface area contributed by atoms with E-state index < -0.39 is 0 Å². The van der Waals surface area contributed by atoms with Crippen molar-refractivity contribution in [2.45, 2.75) is 45.4 Å². The number of nitrogens with zero attached hydrogens (tertiary/aromatic N) is 6. The number of anilines is 3. The summed E-state index contributed by atoms with van der Waals surface area (Å²) in [7, 11) is 1.98. The number of H-pyrrole nitrogens is 1. The first-order valence-corrected chi connectivity index (χ1v) is 11.1. The topological polar surface area (TPSA) is 87.6 Å². The van der Waals surface area contributed by atoms with Crippen LogP contribution in [-0.4, -0.2) is 42.6 Å². The van der Waals surface area contributed by atoms with Crippen LogP contribution in [0.2, 0.25) is 0 Å². The van der Waals surface area contributed by atoms with E-state index in [1.54, 1.807) is 12.7 Å². The van der Waals surface area contributed by atoms with E-state index in [9.17, 15) is 0 Å². The Labute approximate surface area is 188 Å². The van der Waals surface area contributed by atoms with Crippen LogP contribution < -0.4 is 10.2 Å². The molecule has 0 aliphatic carbocycles. The van der Waals surface area contributed by atoms with Gasteiger partial charge < -0.3 is 19.8 Å². The summed E-state index contributed by atoms with van der Waals surface area (Å²) >= 11 is 0. The second kappa shape index (κ2) is 7.62. The largest absolute Gasteiger partial charge is 0.348 e. The van der Waals surface area contributed by atoms with Crippen LogP contribution in [0.3, 0.4) is 0 Å². The quantitative estimate of drug-likeness (QED) is 0.498. The molecule has 0 bridgehead atoms. The molecule has 0 spiro atoms. The maximum absolute atomic E-state index is 4.98. The molecule has 1 fully saturated rings. The first-order valence-electron chi connectivity index (χ1n) is 11.1. The molecule has 1 aromatic carbocycles. The van der Waals surface area contributed by atoms with E-state index in [-0.39, 0.29) is 5.41 Å². The molecule has 4 heterocycles. The van der Waals surface area contributed by atoms with Gasteiger partial charge in [-0.3, -0.25) is 0 Å². The molecule has 166 valence electrons. The molecular formula is C24H30N8. The number of aromatic nitrogens is 6. The Kier molecular flexibility index (Phi) is 4.87. The van der Waals surface area contributed by atoms with Crippen LogP contribution >= 0.6 is 0 Å². The van der Waals surface area contributed by atoms with Gasteiger partial charge in [-0.25, -0.2) is 9.97 Å². The van der Waals surface area contributed by atoms with Crippen molar-refractivity contribution >= 4 is 28.6 Å². The van der Waals surface area contributed by atoms with Crippen molar-refractivity contribution in [2.24, 2.45) is 7.05 Å². The summed E-state index contributed by atoms with van der Waals surface area (Å²) in [6, 6.07) is 6.59. The van der Waals surface area contributed by atoms with Crippen molar-refractivity contribution in [2.75, 3.05) is 23.3 Å². The fraction of sp³-hybridized carbons (Fsp3) is 0.417. The van der Waals surface area contributed by atoms with Gasteiger partial charge >= 0.3 is 0 Å². The van der Waals surface area contributed by atoms with Crippen LogP contribution in [0.4, 0.5) is 17.5 Å². The normalized spacial score (nSPS) is 16.8. The molecular weight excluding hydrogens is 400 g/mol. The van der Waals surface area contributed by atoms with Crippen LogP contribution in [0.5, 0.6) is 0 Å². The third-order valence-electron chi connectivity index (χ3n) is 6.35. The molecule has 1 aliphatic heterocycles. The maximum atomic E-state index is 4.98. The summed E-state index contributed by atoms with van der Waals surface area (Å²) in [4.78, 5) is 24.0. The molecule has 4 aromatic rings. The standard InChI is InChI=1S/C24H30N8/c1-15-6-7-17(24(2,3)4)10-18(15)28-22-20-21(27-14-31(20)5)29-23(30-22)32-9-8-16(12-32)19-11-25-13-26-19/h6-7,10-11,13-14,16H,8-9,12H2,1-5H3,(H,25,26)(H,28,29,30). The zero-order chi connectivity index (χ0) is 22.5. The number of aryl methyl sites for hydroxylation is 2. The molecule has 8 nitrogen and oxygen atoms in total. The van der Waals surface area contributed by atoms with Crippen LogP contribution in [0, 0.1) is 6.92 Å². The highest BCUT2D eigenvalue weighted by molar-refractivity contribution is 5.87. The smallest absolute Gasteiger partial charge is 0.229 e. The number of fused-ring (bicyclic) bond motifs is 1. The Bertz CT molecular complexity index is 1250. The van der Waals surface area contributed by atoms with Gasteiger partial charge in [0.15, 0.2) is 11.5 Å². The second-order valence-corrected chi connectivity index (χ2v) is 9.74. The Morgan fingerprint density at radius 1 is 1.19 bits per heavy atom. The van der Waals surface area contributed by atoms with Crippen LogP contribution in [0.15, 0.2) is 37.1 Å². The predicted octanol–water partition coefficient (Wildman–Crippen LogP) is 4.43. The Morgan fingerprint density at radius 2 is 2.03 bits per heavy atom. The lowest BCUT2D eigenvalue weighted by molar-refractivity contribution is 0.590. The minimum atomic E-state index is 0.0695. The van der Waals surface area contributed by atoms with Gasteiger partial charge in [-0.2, -0.15) is 9.97 Å². The van der Waals surface area contributed by atoms with E-state index in [0.29, 0.717) is 17.5 Å². The number of aromatic amines is 1. The summed E-state index contributed by atoms with van der Waals surface area (Å²) in [5.41, 5.74) is 6.35. The lowest BCUT2D eigenvalue weighted by Crippen LogP contribution is -2.22. The first kappa shape index (κ1) is 20.5. The van der Waals surface area contributed by atoms with E-state index in [0.717, 1.165) is 36.5 Å². The fourth-order valence-electron chi connectivity index (χ4n) is 4.31. The lowest BCUT2D eigenvalue weighted by Gasteiger charge is -2.22. The Morgan fingerprint density at radius 3 is 2.78 bits per heavy atom. The van der Waals surface area contributed by atoms with Crippen LogP contribution in [0.1, 0.15) is 49.9 Å². The van der Waals surface area contributed by atoms with E-state index in [1.807, 2.05) is 17.8 Å². The van der Waals surface area contributed by atoms with Gasteiger partial charge in [0.1, 0.15) is 5.52 Å². The molecule has 0 amide bonds. The monoisotopic (exact) mass is 430 g/mol. The summed E-state index contributed by atoms with van der Waals surface area (Å²) in [6.07, 6.45) is 6.49. The van der Waals surface area contributed by atoms with Gasteiger partial charge in [0, 0.05) is 43.6 Å². The molecule has 1 unspecified atom stereocenters. The molecule has 1 aliphatic rings. The van der Waals surface area contributed by atoms with E-state index in [1.165, 1.54) is 16.8 Å². The van der Waals surface area contributed by atoms with Crippen LogP contribution in [-0.2, 0) is 12.5 Å². The summed E-state index contributed by atoms with van der Waals surface area (Å²) in [5, 5.41) is 3.60. The highest BCUT2D eigenvalue weighted by Crippen LogP contribution is 2.33. The van der Waals surface area contributed by atoms with Gasteiger partial charge in [0.05, 0.1) is 12.7 Å². The molecule has 5 rings (SSSR count). The van der Waals surface area contributed by atoms with Gasteiger partial charge in [0.2, 0.25) is 5.95 Å². The van der Waals surface area contributed by atoms with Gasteiger partial charge in [-0.1, -0.05) is 32.9 Å². The fourth-order valence-corrected chi connectivity index (χ4v) is 4.31.